The number of nitrogens with one attached hydrogen (secondary N) is 2. The van der Waals surface area contributed by atoms with Gasteiger partial charge < -0.3 is 20.1 Å². The number of ether oxygens (including phenoxy) is 2. The van der Waals surface area contributed by atoms with Crippen molar-refractivity contribution in [2.75, 3.05) is 26.1 Å². The van der Waals surface area contributed by atoms with E-state index in [0.717, 1.165) is 6.08 Å². The van der Waals surface area contributed by atoms with Crippen molar-refractivity contribution in [3.8, 4) is 5.75 Å². The van der Waals surface area contributed by atoms with Crippen molar-refractivity contribution < 1.29 is 28.2 Å². The molecule has 2 aromatic rings. The molecule has 0 radical (unpaired) electrons. The number of halogens is 1. The van der Waals surface area contributed by atoms with Crippen LogP contribution < -0.4 is 15.4 Å². The van der Waals surface area contributed by atoms with Crippen molar-refractivity contribution in [1.82, 2.24) is 5.32 Å². The summed E-state index contributed by atoms with van der Waals surface area (Å²) in [6.45, 7) is -0.489. The molecule has 2 N–H and O–H groups in total. The van der Waals surface area contributed by atoms with E-state index < -0.39 is 24.3 Å². The Bertz CT molecular complexity index is 894. The standard InChI is InChI=1S/C20H19FN2O5/c1-22-20(26)14-5-7-15(8-6-14)23-18(24)12-28-19(25)10-4-13-3-9-17(27-2)16(21)11-13/h3-11H,12H2,1-2H3,(H,22,26)(H,23,24)/b10-4+. The van der Waals surface area contributed by atoms with Crippen LogP contribution in [0.3, 0.4) is 0 Å². The number of amides is 2. The van der Waals surface area contributed by atoms with E-state index in [9.17, 15) is 18.8 Å². The van der Waals surface area contributed by atoms with Crippen molar-refractivity contribution in [3.05, 3.63) is 65.5 Å². The van der Waals surface area contributed by atoms with Gasteiger partial charge in [0.15, 0.2) is 18.2 Å². The third-order valence-corrected chi connectivity index (χ3v) is 3.59. The van der Waals surface area contributed by atoms with E-state index in [1.165, 1.54) is 32.4 Å². The monoisotopic (exact) mass is 386 g/mol. The molecule has 2 aromatic carbocycles. The average Bonchev–Trinajstić information content (AvgIpc) is 2.70. The molecule has 0 aliphatic carbocycles. The molecular weight excluding hydrogens is 367 g/mol. The Balaban J connectivity index is 1.82. The maximum absolute atomic E-state index is 13.6. The van der Waals surface area contributed by atoms with Crippen LogP contribution in [0.25, 0.3) is 6.08 Å². The van der Waals surface area contributed by atoms with Gasteiger partial charge in [0.25, 0.3) is 11.8 Å². The number of hydrogen-bond acceptors (Lipinski definition) is 5. The number of hydrogen-bond donors (Lipinski definition) is 2. The topological polar surface area (TPSA) is 93.7 Å². The average molecular weight is 386 g/mol. The third kappa shape index (κ3) is 5.94. The van der Waals surface area contributed by atoms with Gasteiger partial charge in [-0.2, -0.15) is 0 Å². The Labute approximate surface area is 161 Å². The van der Waals surface area contributed by atoms with Crippen molar-refractivity contribution in [2.45, 2.75) is 0 Å². The maximum atomic E-state index is 13.6. The Kier molecular flexibility index (Phi) is 7.27. The molecule has 0 unspecified atom stereocenters. The first-order valence-corrected chi connectivity index (χ1v) is 8.23. The van der Waals surface area contributed by atoms with E-state index >= 15 is 0 Å². The third-order valence-electron chi connectivity index (χ3n) is 3.59. The van der Waals surface area contributed by atoms with E-state index in [2.05, 4.69) is 10.6 Å². The summed E-state index contributed by atoms with van der Waals surface area (Å²) in [5.41, 5.74) is 1.35. The van der Waals surface area contributed by atoms with E-state index in [1.807, 2.05) is 0 Å². The quantitative estimate of drug-likeness (QED) is 0.563. The summed E-state index contributed by atoms with van der Waals surface area (Å²) in [6, 6.07) is 10.4. The zero-order chi connectivity index (χ0) is 20.5. The number of methoxy groups -OCH3 is 1. The van der Waals surface area contributed by atoms with Gasteiger partial charge in [-0.3, -0.25) is 9.59 Å². The molecular formula is C20H19FN2O5. The molecule has 28 heavy (non-hydrogen) atoms. The molecule has 146 valence electrons. The fourth-order valence-corrected chi connectivity index (χ4v) is 2.18. The lowest BCUT2D eigenvalue weighted by molar-refractivity contribution is -0.142. The van der Waals surface area contributed by atoms with Gasteiger partial charge in [0.1, 0.15) is 0 Å². The van der Waals surface area contributed by atoms with Crippen LogP contribution in [0.1, 0.15) is 15.9 Å². The molecule has 0 atom stereocenters. The van der Waals surface area contributed by atoms with Gasteiger partial charge in [0.05, 0.1) is 7.11 Å². The van der Waals surface area contributed by atoms with Gasteiger partial charge in [-0.25, -0.2) is 9.18 Å². The summed E-state index contributed by atoms with van der Waals surface area (Å²) >= 11 is 0. The summed E-state index contributed by atoms with van der Waals surface area (Å²) in [6.07, 6.45) is 2.45. The van der Waals surface area contributed by atoms with Gasteiger partial charge in [-0.15, -0.1) is 0 Å². The fraction of sp³-hybridized carbons (Fsp3) is 0.150. The molecule has 0 aliphatic rings. The molecule has 0 bridgehead atoms. The summed E-state index contributed by atoms with van der Waals surface area (Å²) in [7, 11) is 2.87. The smallest absolute Gasteiger partial charge is 0.331 e. The number of carbonyl (C=O) groups is 3. The lowest BCUT2D eigenvalue weighted by Gasteiger charge is -2.06. The summed E-state index contributed by atoms with van der Waals surface area (Å²) in [5, 5.41) is 5.03. The number of benzene rings is 2. The fourth-order valence-electron chi connectivity index (χ4n) is 2.18. The van der Waals surface area contributed by atoms with Crippen LogP contribution in [0.5, 0.6) is 5.75 Å². The first-order valence-electron chi connectivity index (χ1n) is 8.23. The molecule has 2 rings (SSSR count). The molecule has 0 saturated carbocycles. The van der Waals surface area contributed by atoms with Crippen LogP contribution in [-0.2, 0) is 14.3 Å². The summed E-state index contributed by atoms with van der Waals surface area (Å²) in [5.74, 6) is -1.99. The predicted molar refractivity (Wildman–Crippen MR) is 101 cm³/mol. The highest BCUT2D eigenvalue weighted by Crippen LogP contribution is 2.18. The van der Waals surface area contributed by atoms with Crippen molar-refractivity contribution in [3.63, 3.8) is 0 Å². The lowest BCUT2D eigenvalue weighted by Crippen LogP contribution is -2.20. The van der Waals surface area contributed by atoms with Gasteiger partial charge in [-0.05, 0) is 48.0 Å². The number of carbonyl (C=O) groups excluding carboxylic acids is 3. The van der Waals surface area contributed by atoms with Gasteiger partial charge >= 0.3 is 5.97 Å². The van der Waals surface area contributed by atoms with Crippen LogP contribution in [0, 0.1) is 5.82 Å². The SMILES string of the molecule is CNC(=O)c1ccc(NC(=O)COC(=O)/C=C/c2ccc(OC)c(F)c2)cc1. The summed E-state index contributed by atoms with van der Waals surface area (Å²) in [4.78, 5) is 35.0. The zero-order valence-electron chi connectivity index (χ0n) is 15.3. The van der Waals surface area contributed by atoms with Gasteiger partial charge in [0, 0.05) is 24.4 Å². The maximum Gasteiger partial charge on any atom is 0.331 e. The Morgan fingerprint density at radius 3 is 2.43 bits per heavy atom. The number of anilines is 1. The van der Waals surface area contributed by atoms with Crippen LogP contribution >= 0.6 is 0 Å². The van der Waals surface area contributed by atoms with E-state index in [4.69, 9.17) is 9.47 Å². The lowest BCUT2D eigenvalue weighted by atomic mass is 10.2. The molecule has 2 amide bonds. The molecule has 0 saturated heterocycles. The molecule has 0 fully saturated rings. The Morgan fingerprint density at radius 2 is 1.82 bits per heavy atom. The molecule has 0 spiro atoms. The zero-order valence-corrected chi connectivity index (χ0v) is 15.3. The minimum atomic E-state index is -0.749. The van der Waals surface area contributed by atoms with Crippen molar-refractivity contribution in [1.29, 1.82) is 0 Å². The Morgan fingerprint density at radius 1 is 1.11 bits per heavy atom. The number of esters is 1. The second kappa shape index (κ2) is 9.86. The van der Waals surface area contributed by atoms with E-state index in [0.29, 0.717) is 16.8 Å². The first-order chi connectivity index (χ1) is 13.4. The first kappa shape index (κ1) is 20.6. The van der Waals surface area contributed by atoms with Crippen molar-refractivity contribution in [2.24, 2.45) is 0 Å². The number of rotatable bonds is 7. The van der Waals surface area contributed by atoms with Gasteiger partial charge in [-0.1, -0.05) is 6.07 Å². The molecule has 0 heterocycles. The summed E-state index contributed by atoms with van der Waals surface area (Å²) < 4.78 is 23.2. The Hall–Kier alpha value is -3.68. The van der Waals surface area contributed by atoms with Crippen molar-refractivity contribution >= 4 is 29.5 Å². The van der Waals surface area contributed by atoms with Gasteiger partial charge in [0.2, 0.25) is 0 Å². The second-order valence-corrected chi connectivity index (χ2v) is 5.54. The largest absolute Gasteiger partial charge is 0.494 e. The molecule has 0 aliphatic heterocycles. The minimum Gasteiger partial charge on any atom is -0.494 e. The second-order valence-electron chi connectivity index (χ2n) is 5.54. The molecule has 8 heteroatoms. The highest BCUT2D eigenvalue weighted by Gasteiger charge is 2.08. The molecule has 7 nitrogen and oxygen atoms in total. The highest BCUT2D eigenvalue weighted by molar-refractivity contribution is 5.96. The van der Waals surface area contributed by atoms with Crippen LogP contribution in [0.15, 0.2) is 48.5 Å². The van der Waals surface area contributed by atoms with Crippen LogP contribution in [-0.4, -0.2) is 38.5 Å². The molecule has 0 aromatic heterocycles. The predicted octanol–water partition coefficient (Wildman–Crippen LogP) is 2.39. The van der Waals surface area contributed by atoms with E-state index in [1.54, 1.807) is 30.3 Å². The highest BCUT2D eigenvalue weighted by atomic mass is 19.1. The van der Waals surface area contributed by atoms with E-state index in [-0.39, 0.29) is 11.7 Å². The normalized spacial score (nSPS) is 10.4. The minimum absolute atomic E-state index is 0.0970. The van der Waals surface area contributed by atoms with Crippen LogP contribution in [0.4, 0.5) is 10.1 Å². The van der Waals surface area contributed by atoms with Crippen LogP contribution in [0.2, 0.25) is 0 Å².